The number of carbonyl (C=O) groups excluding carboxylic acids is 1. The van der Waals surface area contributed by atoms with E-state index >= 15 is 0 Å². The van der Waals surface area contributed by atoms with E-state index in [1.54, 1.807) is 19.1 Å². The molecule has 0 aromatic heterocycles. The Morgan fingerprint density at radius 2 is 2.05 bits per heavy atom. The molecule has 0 fully saturated rings. The van der Waals surface area contributed by atoms with Crippen LogP contribution in [0.15, 0.2) is 24.3 Å². The Bertz CT molecular complexity index is 493. The average molecular weight is 316 g/mol. The first-order valence-electron chi connectivity index (χ1n) is 6.98. The highest BCUT2D eigenvalue weighted by Crippen LogP contribution is 2.16. The third-order valence-corrected chi connectivity index (χ3v) is 3.43. The van der Waals surface area contributed by atoms with Crippen molar-refractivity contribution in [2.24, 2.45) is 5.92 Å². The highest BCUT2D eigenvalue weighted by molar-refractivity contribution is 5.73. The third-order valence-electron chi connectivity index (χ3n) is 3.43. The lowest BCUT2D eigenvalue weighted by atomic mass is 9.93. The third kappa shape index (κ3) is 6.26. The molecule has 1 atom stereocenters. The Labute approximate surface area is 128 Å². The number of benzene rings is 1. The molecular weight excluding hydrogens is 294 g/mol. The molecule has 1 aromatic carbocycles. The fraction of sp³-hybridized carbons (Fsp3) is 0.533. The Morgan fingerprint density at radius 1 is 1.36 bits per heavy atom. The van der Waals surface area contributed by atoms with Crippen LogP contribution in [0.1, 0.15) is 26.3 Å². The molecule has 2 amide bonds. The quantitative estimate of drug-likeness (QED) is 0.724. The number of amides is 2. The lowest BCUT2D eigenvalue weighted by Crippen LogP contribution is -2.47. The molecule has 0 radical (unpaired) electrons. The summed E-state index contributed by atoms with van der Waals surface area (Å²) in [6.45, 7) is 2.75. The minimum absolute atomic E-state index is 0.00372. The van der Waals surface area contributed by atoms with Crippen LogP contribution in [0, 0.1) is 5.92 Å². The van der Waals surface area contributed by atoms with Crippen LogP contribution >= 0.6 is 0 Å². The van der Waals surface area contributed by atoms with Crippen molar-refractivity contribution in [3.8, 4) is 5.75 Å². The van der Waals surface area contributed by atoms with Gasteiger partial charge in [-0.3, -0.25) is 0 Å². The van der Waals surface area contributed by atoms with E-state index in [0.717, 1.165) is 0 Å². The predicted molar refractivity (Wildman–Crippen MR) is 78.8 cm³/mol. The van der Waals surface area contributed by atoms with Crippen molar-refractivity contribution in [3.63, 3.8) is 0 Å². The maximum atomic E-state index is 12.1. The lowest BCUT2D eigenvalue weighted by Gasteiger charge is -2.27. The van der Waals surface area contributed by atoms with Crippen molar-refractivity contribution in [1.82, 2.24) is 10.6 Å². The zero-order valence-electron chi connectivity index (χ0n) is 12.9. The van der Waals surface area contributed by atoms with Crippen LogP contribution in [0.4, 0.5) is 13.6 Å². The Balaban J connectivity index is 2.44. The van der Waals surface area contributed by atoms with Crippen LogP contribution in [0.3, 0.4) is 0 Å². The maximum Gasteiger partial charge on any atom is 0.387 e. The van der Waals surface area contributed by atoms with Crippen LogP contribution in [0.25, 0.3) is 0 Å². The van der Waals surface area contributed by atoms with E-state index in [9.17, 15) is 18.7 Å². The maximum absolute atomic E-state index is 12.1. The molecule has 1 rings (SSSR count). The first-order chi connectivity index (χ1) is 10.2. The second kappa shape index (κ2) is 7.93. The minimum atomic E-state index is -2.88. The minimum Gasteiger partial charge on any atom is -0.435 e. The van der Waals surface area contributed by atoms with Crippen LogP contribution in [0.2, 0.25) is 0 Å². The zero-order valence-corrected chi connectivity index (χ0v) is 12.9. The topological polar surface area (TPSA) is 70.6 Å². The van der Waals surface area contributed by atoms with Gasteiger partial charge < -0.3 is 20.5 Å². The van der Waals surface area contributed by atoms with Crippen molar-refractivity contribution in [1.29, 1.82) is 0 Å². The smallest absolute Gasteiger partial charge is 0.387 e. The normalized spacial score (nSPS) is 13.8. The van der Waals surface area contributed by atoms with Crippen molar-refractivity contribution in [3.05, 3.63) is 29.8 Å². The van der Waals surface area contributed by atoms with Crippen molar-refractivity contribution in [2.75, 3.05) is 6.54 Å². The Hall–Kier alpha value is -1.89. The summed E-state index contributed by atoms with van der Waals surface area (Å²) >= 11 is 0. The summed E-state index contributed by atoms with van der Waals surface area (Å²) in [7, 11) is 0. The summed E-state index contributed by atoms with van der Waals surface area (Å²) in [6.07, 6.45) is 0. The van der Waals surface area contributed by atoms with E-state index in [-0.39, 0.29) is 24.8 Å². The summed E-state index contributed by atoms with van der Waals surface area (Å²) < 4.78 is 28.5. The number of halogens is 2. The molecule has 0 heterocycles. The molecule has 1 unspecified atom stereocenters. The highest BCUT2D eigenvalue weighted by atomic mass is 19.3. The van der Waals surface area contributed by atoms with Gasteiger partial charge in [-0.2, -0.15) is 8.78 Å². The summed E-state index contributed by atoms with van der Waals surface area (Å²) in [6, 6.07) is 5.65. The number of urea groups is 1. The van der Waals surface area contributed by atoms with E-state index in [1.807, 2.05) is 13.8 Å². The van der Waals surface area contributed by atoms with Crippen LogP contribution < -0.4 is 15.4 Å². The van der Waals surface area contributed by atoms with Crippen LogP contribution in [-0.2, 0) is 6.54 Å². The number of rotatable bonds is 7. The van der Waals surface area contributed by atoms with Crippen LogP contribution in [0.5, 0.6) is 5.75 Å². The van der Waals surface area contributed by atoms with E-state index in [2.05, 4.69) is 15.4 Å². The highest BCUT2D eigenvalue weighted by Gasteiger charge is 2.25. The van der Waals surface area contributed by atoms with Gasteiger partial charge in [-0.25, -0.2) is 4.79 Å². The summed E-state index contributed by atoms with van der Waals surface area (Å²) in [5.41, 5.74) is -0.369. The molecule has 0 aliphatic rings. The van der Waals surface area contributed by atoms with E-state index in [1.165, 1.54) is 12.1 Å². The molecule has 0 spiro atoms. The van der Waals surface area contributed by atoms with E-state index in [4.69, 9.17) is 0 Å². The summed E-state index contributed by atoms with van der Waals surface area (Å²) in [5.74, 6) is 0.0356. The van der Waals surface area contributed by atoms with Gasteiger partial charge in [-0.05, 0) is 30.5 Å². The van der Waals surface area contributed by atoms with Gasteiger partial charge >= 0.3 is 12.6 Å². The fourth-order valence-electron chi connectivity index (χ4n) is 1.54. The molecule has 124 valence electrons. The van der Waals surface area contributed by atoms with Gasteiger partial charge in [-0.1, -0.05) is 26.0 Å². The van der Waals surface area contributed by atoms with Crippen molar-refractivity contribution in [2.45, 2.75) is 39.5 Å². The lowest BCUT2D eigenvalue weighted by molar-refractivity contribution is -0.0498. The summed E-state index contributed by atoms with van der Waals surface area (Å²) in [5, 5.41) is 15.2. The van der Waals surface area contributed by atoms with Gasteiger partial charge in [0.15, 0.2) is 0 Å². The molecule has 7 heteroatoms. The fourth-order valence-corrected chi connectivity index (χ4v) is 1.54. The van der Waals surface area contributed by atoms with Gasteiger partial charge in [-0.15, -0.1) is 0 Å². The van der Waals surface area contributed by atoms with Crippen LogP contribution in [-0.4, -0.2) is 29.9 Å². The number of hydrogen-bond donors (Lipinski definition) is 3. The molecule has 0 aliphatic heterocycles. The number of carbonyl (C=O) groups is 1. The molecule has 5 nitrogen and oxygen atoms in total. The molecule has 0 saturated heterocycles. The van der Waals surface area contributed by atoms with Gasteiger partial charge in [0.25, 0.3) is 0 Å². The largest absolute Gasteiger partial charge is 0.435 e. The van der Waals surface area contributed by atoms with Gasteiger partial charge in [0.1, 0.15) is 5.75 Å². The van der Waals surface area contributed by atoms with Crippen molar-refractivity contribution < 1.29 is 23.4 Å². The van der Waals surface area contributed by atoms with E-state index in [0.29, 0.717) is 5.56 Å². The van der Waals surface area contributed by atoms with Gasteiger partial charge in [0.05, 0.1) is 5.60 Å². The molecular formula is C15H22F2N2O3. The van der Waals surface area contributed by atoms with Gasteiger partial charge in [0, 0.05) is 13.1 Å². The second-order valence-corrected chi connectivity index (χ2v) is 5.57. The second-order valence-electron chi connectivity index (χ2n) is 5.57. The number of alkyl halides is 2. The number of aliphatic hydroxyl groups is 1. The summed E-state index contributed by atoms with van der Waals surface area (Å²) in [4.78, 5) is 11.7. The molecule has 22 heavy (non-hydrogen) atoms. The number of ether oxygens (including phenoxy) is 1. The molecule has 0 bridgehead atoms. The first-order valence-corrected chi connectivity index (χ1v) is 6.98. The Morgan fingerprint density at radius 3 is 2.64 bits per heavy atom. The molecule has 0 aliphatic carbocycles. The van der Waals surface area contributed by atoms with E-state index < -0.39 is 18.2 Å². The van der Waals surface area contributed by atoms with Gasteiger partial charge in [0.2, 0.25) is 0 Å². The SMILES string of the molecule is CC(C)C(C)(O)CNC(=O)NCc1cccc(OC(F)F)c1. The Kier molecular flexibility index (Phi) is 6.55. The molecule has 0 saturated carbocycles. The molecule has 3 N–H and O–H groups in total. The monoisotopic (exact) mass is 316 g/mol. The molecule has 1 aromatic rings. The average Bonchev–Trinajstić information content (AvgIpc) is 2.42. The van der Waals surface area contributed by atoms with Crippen molar-refractivity contribution >= 4 is 6.03 Å². The number of hydrogen-bond acceptors (Lipinski definition) is 3. The zero-order chi connectivity index (χ0) is 16.8. The number of nitrogens with one attached hydrogen (secondary N) is 2. The first kappa shape index (κ1) is 18.2. The predicted octanol–water partition coefficient (Wildman–Crippen LogP) is 2.49. The standard InChI is InChI=1S/C15H22F2N2O3/c1-10(2)15(3,21)9-19-14(20)18-8-11-5-4-6-12(7-11)22-13(16)17/h4-7,10,13,21H,8-9H2,1-3H3,(H2,18,19,20).